The minimum Gasteiger partial charge on any atom is -0.324 e. The molecule has 0 bridgehead atoms. The van der Waals surface area contributed by atoms with Gasteiger partial charge in [-0.1, -0.05) is 89.1 Å². The average molecular weight is 600 g/mol. The van der Waals surface area contributed by atoms with Crippen LogP contribution in [0.3, 0.4) is 0 Å². The molecule has 0 aromatic heterocycles. The van der Waals surface area contributed by atoms with Gasteiger partial charge in [-0.15, -0.1) is 0 Å². The highest BCUT2D eigenvalue weighted by atomic mass is 35.5. The number of halogens is 2. The maximum absolute atomic E-state index is 14.0. The van der Waals surface area contributed by atoms with E-state index in [1.165, 1.54) is 16.1 Å². The van der Waals surface area contributed by atoms with Crippen molar-refractivity contribution in [1.82, 2.24) is 4.31 Å². The Labute approximate surface area is 244 Å². The van der Waals surface area contributed by atoms with E-state index in [-0.39, 0.29) is 18.0 Å². The molecule has 39 heavy (non-hydrogen) atoms. The van der Waals surface area contributed by atoms with Gasteiger partial charge >= 0.3 is 0 Å². The molecule has 0 heterocycles. The first-order valence-electron chi connectivity index (χ1n) is 12.2. The molecule has 0 fully saturated rings. The van der Waals surface area contributed by atoms with Crippen molar-refractivity contribution < 1.29 is 13.2 Å². The molecule has 5 nitrogen and oxygen atoms in total. The third-order valence-corrected chi connectivity index (χ3v) is 9.92. The molecule has 0 radical (unpaired) electrons. The average Bonchev–Trinajstić information content (AvgIpc) is 2.87. The van der Waals surface area contributed by atoms with Gasteiger partial charge < -0.3 is 5.32 Å². The maximum Gasteiger partial charge on any atom is 0.244 e. The van der Waals surface area contributed by atoms with Crippen molar-refractivity contribution in [2.45, 2.75) is 42.0 Å². The fraction of sp³-hybridized carbons (Fsp3) is 0.167. The van der Waals surface area contributed by atoms with E-state index >= 15 is 0 Å². The summed E-state index contributed by atoms with van der Waals surface area (Å²) in [4.78, 5) is 15.4. The monoisotopic (exact) mass is 598 g/mol. The van der Waals surface area contributed by atoms with Crippen molar-refractivity contribution in [1.29, 1.82) is 0 Å². The highest BCUT2D eigenvalue weighted by Gasteiger charge is 2.30. The van der Waals surface area contributed by atoms with E-state index in [2.05, 4.69) is 5.32 Å². The maximum atomic E-state index is 14.0. The molecule has 0 unspecified atom stereocenters. The number of aryl methyl sites for hydroxylation is 3. The van der Waals surface area contributed by atoms with Crippen LogP contribution in [-0.2, 0) is 21.4 Å². The van der Waals surface area contributed by atoms with E-state index in [4.69, 9.17) is 23.2 Å². The Morgan fingerprint density at radius 2 is 1.49 bits per heavy atom. The van der Waals surface area contributed by atoms with Crippen LogP contribution in [0.1, 0.15) is 22.3 Å². The highest BCUT2D eigenvalue weighted by Crippen LogP contribution is 2.33. The third-order valence-electron chi connectivity index (χ3n) is 6.00. The molecule has 0 saturated heterocycles. The number of rotatable bonds is 9. The van der Waals surface area contributed by atoms with Gasteiger partial charge in [0, 0.05) is 16.3 Å². The normalized spacial score (nSPS) is 11.5. The van der Waals surface area contributed by atoms with E-state index in [1.807, 2.05) is 67.6 Å². The number of hydrogen-bond acceptors (Lipinski definition) is 4. The summed E-state index contributed by atoms with van der Waals surface area (Å²) in [5.41, 5.74) is 3.42. The minimum atomic E-state index is -4.06. The van der Waals surface area contributed by atoms with E-state index < -0.39 is 15.9 Å². The van der Waals surface area contributed by atoms with Crippen molar-refractivity contribution in [3.05, 3.63) is 117 Å². The quantitative estimate of drug-likeness (QED) is 0.212. The SMILES string of the molecule is Cc1cc(C)c(S(=O)(=O)N(CC(=O)Nc2ccccc2Sc2ccccc2)Cc2ccc(Cl)c(Cl)c2)c(C)c1. The van der Waals surface area contributed by atoms with Gasteiger partial charge in [0.1, 0.15) is 0 Å². The second kappa shape index (κ2) is 12.6. The van der Waals surface area contributed by atoms with Crippen LogP contribution >= 0.6 is 35.0 Å². The van der Waals surface area contributed by atoms with Gasteiger partial charge in [-0.05, 0) is 73.9 Å². The van der Waals surface area contributed by atoms with Crippen molar-refractivity contribution in [3.63, 3.8) is 0 Å². The molecule has 202 valence electrons. The summed E-state index contributed by atoms with van der Waals surface area (Å²) in [5.74, 6) is -0.456. The lowest BCUT2D eigenvalue weighted by Crippen LogP contribution is -2.38. The number of carbonyl (C=O) groups excluding carboxylic acids is 1. The lowest BCUT2D eigenvalue weighted by atomic mass is 10.1. The molecule has 0 spiro atoms. The molecule has 0 aliphatic carbocycles. The molecular weight excluding hydrogens is 571 g/mol. The van der Waals surface area contributed by atoms with Gasteiger partial charge in [0.25, 0.3) is 0 Å². The second-order valence-corrected chi connectivity index (χ2v) is 13.0. The van der Waals surface area contributed by atoms with Crippen LogP contribution in [0.5, 0.6) is 0 Å². The van der Waals surface area contributed by atoms with Crippen molar-refractivity contribution >= 4 is 56.6 Å². The van der Waals surface area contributed by atoms with Gasteiger partial charge in [-0.25, -0.2) is 8.42 Å². The predicted octanol–water partition coefficient (Wildman–Crippen LogP) is 7.90. The molecule has 0 atom stereocenters. The summed E-state index contributed by atoms with van der Waals surface area (Å²) in [6, 6.07) is 25.8. The number of amides is 1. The Balaban J connectivity index is 1.65. The number of carbonyl (C=O) groups is 1. The molecule has 0 saturated carbocycles. The summed E-state index contributed by atoms with van der Waals surface area (Å²) in [6.45, 7) is 5.00. The first-order chi connectivity index (χ1) is 18.5. The fourth-order valence-corrected chi connectivity index (χ4v) is 7.43. The van der Waals surface area contributed by atoms with Crippen LogP contribution in [0.4, 0.5) is 5.69 Å². The lowest BCUT2D eigenvalue weighted by Gasteiger charge is -2.24. The first kappa shape index (κ1) is 29.2. The van der Waals surface area contributed by atoms with Crippen LogP contribution < -0.4 is 5.32 Å². The zero-order valence-electron chi connectivity index (χ0n) is 21.7. The Morgan fingerprint density at radius 3 is 2.15 bits per heavy atom. The zero-order valence-corrected chi connectivity index (χ0v) is 24.9. The van der Waals surface area contributed by atoms with E-state index in [0.717, 1.165) is 15.4 Å². The first-order valence-corrected chi connectivity index (χ1v) is 15.2. The Kier molecular flexibility index (Phi) is 9.41. The van der Waals surface area contributed by atoms with Crippen LogP contribution in [0.15, 0.2) is 99.6 Å². The standard InChI is InChI=1S/C30H28Cl2N2O3S2/c1-20-15-21(2)30(22(3)16-20)39(36,37)34(18-23-13-14-25(31)26(32)17-23)19-29(35)33-27-11-7-8-12-28(27)38-24-9-5-4-6-10-24/h4-17H,18-19H2,1-3H3,(H,33,35). The van der Waals surface area contributed by atoms with E-state index in [9.17, 15) is 13.2 Å². The van der Waals surface area contributed by atoms with Crippen LogP contribution in [0, 0.1) is 20.8 Å². The number of sulfonamides is 1. The molecular formula is C30H28Cl2N2O3S2. The zero-order chi connectivity index (χ0) is 28.2. The van der Waals surface area contributed by atoms with Crippen molar-refractivity contribution in [2.24, 2.45) is 0 Å². The Bertz CT molecular complexity index is 1590. The molecule has 0 aliphatic rings. The number of anilines is 1. The third kappa shape index (κ3) is 7.24. The molecule has 9 heteroatoms. The Hall–Kier alpha value is -2.81. The number of para-hydroxylation sites is 1. The predicted molar refractivity (Wildman–Crippen MR) is 160 cm³/mol. The van der Waals surface area contributed by atoms with Gasteiger partial charge in [0.2, 0.25) is 15.9 Å². The molecule has 4 rings (SSSR count). The summed E-state index contributed by atoms with van der Waals surface area (Å²) in [5, 5.41) is 3.59. The summed E-state index contributed by atoms with van der Waals surface area (Å²) in [6.07, 6.45) is 0. The molecule has 1 N–H and O–H groups in total. The Morgan fingerprint density at radius 1 is 0.846 bits per heavy atom. The highest BCUT2D eigenvalue weighted by molar-refractivity contribution is 7.99. The number of nitrogens with zero attached hydrogens (tertiary/aromatic N) is 1. The van der Waals surface area contributed by atoms with Gasteiger partial charge in [0.15, 0.2) is 0 Å². The smallest absolute Gasteiger partial charge is 0.244 e. The fourth-order valence-electron chi connectivity index (χ4n) is 4.39. The topological polar surface area (TPSA) is 66.5 Å². The number of nitrogens with one attached hydrogen (secondary N) is 1. The number of hydrogen-bond donors (Lipinski definition) is 1. The molecule has 4 aromatic carbocycles. The summed E-state index contributed by atoms with van der Waals surface area (Å²) >= 11 is 13.8. The number of benzene rings is 4. The van der Waals surface area contributed by atoms with Crippen molar-refractivity contribution in [2.75, 3.05) is 11.9 Å². The largest absolute Gasteiger partial charge is 0.324 e. The van der Waals surface area contributed by atoms with Gasteiger partial charge in [-0.2, -0.15) is 4.31 Å². The van der Waals surface area contributed by atoms with Crippen LogP contribution in [0.25, 0.3) is 0 Å². The molecule has 4 aromatic rings. The van der Waals surface area contributed by atoms with Crippen LogP contribution in [-0.4, -0.2) is 25.2 Å². The van der Waals surface area contributed by atoms with E-state index in [1.54, 1.807) is 38.1 Å². The second-order valence-electron chi connectivity index (χ2n) is 9.21. The summed E-state index contributed by atoms with van der Waals surface area (Å²) in [7, 11) is -4.06. The minimum absolute atomic E-state index is 0.0557. The van der Waals surface area contributed by atoms with Gasteiger partial charge in [-0.3, -0.25) is 4.79 Å². The summed E-state index contributed by atoms with van der Waals surface area (Å²) < 4.78 is 29.2. The van der Waals surface area contributed by atoms with Gasteiger partial charge in [0.05, 0.1) is 27.2 Å². The van der Waals surface area contributed by atoms with E-state index in [0.29, 0.717) is 32.4 Å². The lowest BCUT2D eigenvalue weighted by molar-refractivity contribution is -0.116. The molecule has 1 amide bonds. The molecule has 0 aliphatic heterocycles. The van der Waals surface area contributed by atoms with Crippen molar-refractivity contribution in [3.8, 4) is 0 Å². The van der Waals surface area contributed by atoms with Crippen LogP contribution in [0.2, 0.25) is 10.0 Å².